The van der Waals surface area contributed by atoms with Gasteiger partial charge in [-0.15, -0.1) is 11.3 Å². The molecule has 0 radical (unpaired) electrons. The van der Waals surface area contributed by atoms with Crippen LogP contribution in [0.25, 0.3) is 27.2 Å². The number of carbonyl (C=O) groups excluding carboxylic acids is 3. The van der Waals surface area contributed by atoms with Crippen LogP contribution < -0.4 is 21.1 Å². The van der Waals surface area contributed by atoms with E-state index in [2.05, 4.69) is 20.6 Å². The molecule has 2 aromatic carbocycles. The van der Waals surface area contributed by atoms with E-state index in [0.29, 0.717) is 16.0 Å². The van der Waals surface area contributed by atoms with Crippen molar-refractivity contribution >= 4 is 46.1 Å². The number of halogens is 3. The predicted molar refractivity (Wildman–Crippen MR) is 174 cm³/mol. The molecule has 250 valence electrons. The molecule has 0 bridgehead atoms. The van der Waals surface area contributed by atoms with Gasteiger partial charge in [0.05, 0.1) is 16.6 Å². The summed E-state index contributed by atoms with van der Waals surface area (Å²) in [6.07, 6.45) is -3.26. The van der Waals surface area contributed by atoms with Crippen LogP contribution >= 0.6 is 11.3 Å². The second-order valence-electron chi connectivity index (χ2n) is 11.6. The molecular formula is C33H31F3N6O5S. The van der Waals surface area contributed by atoms with Gasteiger partial charge >= 0.3 is 12.3 Å². The number of anilines is 1. The first-order valence-electron chi connectivity index (χ1n) is 14.6. The number of pyridine rings is 1. The fraction of sp³-hybridized carbons (Fsp3) is 0.242. The molecule has 0 unspecified atom stereocenters. The third kappa shape index (κ3) is 7.91. The Morgan fingerprint density at radius 1 is 1.00 bits per heavy atom. The van der Waals surface area contributed by atoms with Gasteiger partial charge < -0.3 is 25.8 Å². The van der Waals surface area contributed by atoms with E-state index in [1.165, 1.54) is 31.3 Å². The molecule has 0 saturated carbocycles. The minimum atomic E-state index is -4.58. The molecule has 3 amide bonds. The molecule has 15 heteroatoms. The van der Waals surface area contributed by atoms with Crippen LogP contribution in [0.4, 0.5) is 23.8 Å². The van der Waals surface area contributed by atoms with Crippen molar-refractivity contribution in [3.8, 4) is 21.9 Å². The van der Waals surface area contributed by atoms with Gasteiger partial charge in [-0.1, -0.05) is 24.3 Å². The van der Waals surface area contributed by atoms with Crippen molar-refractivity contribution in [3.63, 3.8) is 0 Å². The summed E-state index contributed by atoms with van der Waals surface area (Å²) in [6, 6.07) is 15.5. The number of nitrogens with two attached hydrogens (primary N) is 1. The number of aromatic nitrogens is 3. The van der Waals surface area contributed by atoms with Crippen molar-refractivity contribution in [2.45, 2.75) is 45.6 Å². The fourth-order valence-electron chi connectivity index (χ4n) is 4.80. The lowest BCUT2D eigenvalue weighted by molar-refractivity contribution is -0.139. The molecule has 0 fully saturated rings. The minimum Gasteiger partial charge on any atom is -0.484 e. The number of hydrogen-bond acceptors (Lipinski definition) is 8. The molecule has 0 spiro atoms. The second kappa shape index (κ2) is 13.4. The number of rotatable bonds is 9. The Morgan fingerprint density at radius 2 is 1.73 bits per heavy atom. The van der Waals surface area contributed by atoms with Gasteiger partial charge in [-0.05, 0) is 69.2 Å². The molecule has 3 aromatic heterocycles. The van der Waals surface area contributed by atoms with Gasteiger partial charge in [-0.25, -0.2) is 14.8 Å². The number of alkyl halides is 3. The fourth-order valence-corrected chi connectivity index (χ4v) is 5.73. The van der Waals surface area contributed by atoms with Gasteiger partial charge in [-0.2, -0.15) is 13.2 Å². The van der Waals surface area contributed by atoms with Gasteiger partial charge in [0.15, 0.2) is 0 Å². The Labute approximate surface area is 276 Å². The van der Waals surface area contributed by atoms with Gasteiger partial charge in [0.1, 0.15) is 46.0 Å². The van der Waals surface area contributed by atoms with Crippen LogP contribution in [0.5, 0.6) is 5.75 Å². The summed E-state index contributed by atoms with van der Waals surface area (Å²) in [6.45, 7) is 6.30. The van der Waals surface area contributed by atoms with Crippen LogP contribution in [0.3, 0.4) is 0 Å². The lowest BCUT2D eigenvalue weighted by atomic mass is 10.0. The van der Waals surface area contributed by atoms with E-state index in [1.807, 2.05) is 18.2 Å². The number of thiophene rings is 1. The van der Waals surface area contributed by atoms with Crippen LogP contribution in [0.1, 0.15) is 54.6 Å². The van der Waals surface area contributed by atoms with E-state index in [9.17, 15) is 27.6 Å². The van der Waals surface area contributed by atoms with Crippen molar-refractivity contribution in [2.24, 2.45) is 5.73 Å². The second-order valence-corrected chi connectivity index (χ2v) is 12.7. The number of hydrogen-bond donors (Lipinski definition) is 3. The molecule has 5 aromatic rings. The first kappa shape index (κ1) is 33.9. The summed E-state index contributed by atoms with van der Waals surface area (Å²) >= 11 is 1.02. The zero-order chi connectivity index (χ0) is 34.8. The Kier molecular flexibility index (Phi) is 9.43. The van der Waals surface area contributed by atoms with Crippen molar-refractivity contribution in [2.75, 3.05) is 11.9 Å². The van der Waals surface area contributed by atoms with E-state index in [4.69, 9.17) is 15.2 Å². The summed E-state index contributed by atoms with van der Waals surface area (Å²) in [5, 5.41) is 5.54. The minimum absolute atomic E-state index is 0.0486. The lowest BCUT2D eigenvalue weighted by Crippen LogP contribution is -2.37. The number of imidazole rings is 1. The zero-order valence-corrected chi connectivity index (χ0v) is 27.0. The van der Waals surface area contributed by atoms with Gasteiger partial charge in [0.25, 0.3) is 5.91 Å². The summed E-state index contributed by atoms with van der Waals surface area (Å²) in [5.74, 6) is -0.955. The molecule has 0 aliphatic rings. The topological polar surface area (TPSA) is 150 Å². The van der Waals surface area contributed by atoms with E-state index in [1.54, 1.807) is 49.9 Å². The SMILES string of the molecule is C[C@@H](Oc1cc(-n2cnc3cc(-c4ccnc(NC(=O)CNC(=O)OC(C)(C)C)c4)ccc32)sc1C(N)=O)c1ccccc1C(F)(F)F. The number of benzene rings is 2. The molecule has 48 heavy (non-hydrogen) atoms. The number of nitrogens with zero attached hydrogens (tertiary/aromatic N) is 3. The molecular weight excluding hydrogens is 649 g/mol. The smallest absolute Gasteiger partial charge is 0.416 e. The quantitative estimate of drug-likeness (QED) is 0.154. The Bertz CT molecular complexity index is 2000. The number of carbonyl (C=O) groups is 3. The molecule has 0 saturated heterocycles. The average molecular weight is 681 g/mol. The molecule has 0 aliphatic carbocycles. The van der Waals surface area contributed by atoms with Gasteiger partial charge in [-0.3, -0.25) is 14.2 Å². The summed E-state index contributed by atoms with van der Waals surface area (Å²) in [4.78, 5) is 45.3. The van der Waals surface area contributed by atoms with Gasteiger partial charge in [0, 0.05) is 17.8 Å². The third-order valence-corrected chi connectivity index (χ3v) is 7.98. The van der Waals surface area contributed by atoms with Crippen LogP contribution in [0.15, 0.2) is 73.2 Å². The monoisotopic (exact) mass is 680 g/mol. The van der Waals surface area contributed by atoms with Crippen molar-refractivity contribution in [1.82, 2.24) is 19.9 Å². The number of alkyl carbamates (subject to hydrolysis) is 1. The standard InChI is InChI=1S/C33H31F3N6O5S/c1-18(21-7-5-6-8-22(21)33(34,35)36)46-25-15-28(48-29(25)30(37)44)42-17-40-23-13-19(9-10-24(23)42)20-11-12-38-26(14-20)41-27(43)16-39-31(45)47-32(2,3)4/h5-15,17-18H,16H2,1-4H3,(H2,37,44)(H,39,45)(H,38,41,43)/t18-/m1/s1. The Hall–Kier alpha value is -5.44. The highest BCUT2D eigenvalue weighted by molar-refractivity contribution is 7.16. The maximum absolute atomic E-state index is 13.6. The average Bonchev–Trinajstić information content (AvgIpc) is 3.63. The summed E-state index contributed by atoms with van der Waals surface area (Å²) in [7, 11) is 0. The maximum atomic E-state index is 13.6. The normalized spacial score (nSPS) is 12.4. The van der Waals surface area contributed by atoms with Gasteiger partial charge in [0.2, 0.25) is 5.91 Å². The Balaban J connectivity index is 1.34. The van der Waals surface area contributed by atoms with Crippen LogP contribution in [0.2, 0.25) is 0 Å². The van der Waals surface area contributed by atoms with Crippen LogP contribution in [-0.2, 0) is 15.7 Å². The van der Waals surface area contributed by atoms with E-state index in [0.717, 1.165) is 28.5 Å². The Morgan fingerprint density at radius 3 is 2.44 bits per heavy atom. The van der Waals surface area contributed by atoms with Crippen molar-refractivity contribution in [1.29, 1.82) is 0 Å². The third-order valence-electron chi connectivity index (χ3n) is 6.85. The summed E-state index contributed by atoms with van der Waals surface area (Å²) in [5.41, 5.74) is 6.78. The highest BCUT2D eigenvalue weighted by Gasteiger charge is 2.35. The highest BCUT2D eigenvalue weighted by Crippen LogP contribution is 2.39. The summed E-state index contributed by atoms with van der Waals surface area (Å²) < 4.78 is 53.6. The van der Waals surface area contributed by atoms with Crippen molar-refractivity contribution in [3.05, 3.63) is 89.2 Å². The number of fused-ring (bicyclic) bond motifs is 1. The van der Waals surface area contributed by atoms with Crippen LogP contribution in [-0.4, -0.2) is 44.6 Å². The first-order chi connectivity index (χ1) is 22.6. The zero-order valence-electron chi connectivity index (χ0n) is 26.2. The molecule has 4 N–H and O–H groups in total. The maximum Gasteiger partial charge on any atom is 0.416 e. The molecule has 1 atom stereocenters. The largest absolute Gasteiger partial charge is 0.484 e. The van der Waals surface area contributed by atoms with E-state index in [-0.39, 0.29) is 28.6 Å². The molecule has 0 aliphatic heterocycles. The predicted octanol–water partition coefficient (Wildman–Crippen LogP) is 6.87. The van der Waals surface area contributed by atoms with E-state index < -0.39 is 41.4 Å². The van der Waals surface area contributed by atoms with Crippen molar-refractivity contribution < 1.29 is 37.0 Å². The number of ether oxygens (including phenoxy) is 2. The van der Waals surface area contributed by atoms with Crippen LogP contribution in [0, 0.1) is 0 Å². The number of primary amides is 1. The molecule has 11 nitrogen and oxygen atoms in total. The first-order valence-corrected chi connectivity index (χ1v) is 15.4. The number of amides is 3. The molecule has 3 heterocycles. The van der Waals surface area contributed by atoms with E-state index >= 15 is 0 Å². The lowest BCUT2D eigenvalue weighted by Gasteiger charge is -2.19. The number of nitrogens with one attached hydrogen (secondary N) is 2. The highest BCUT2D eigenvalue weighted by atomic mass is 32.1. The molecule has 5 rings (SSSR count).